The molecular weight excluding hydrogens is 265 g/mol. The van der Waals surface area contributed by atoms with Crippen LogP contribution in [0, 0.1) is 28.8 Å². The minimum atomic E-state index is -0.758. The van der Waals surface area contributed by atoms with E-state index in [1.54, 1.807) is 0 Å². The number of nitrogens with one attached hydrogen (secondary N) is 1. The number of non-ortho nitro benzene ring substituents is 1. The number of rotatable bonds is 5. The van der Waals surface area contributed by atoms with Gasteiger partial charge in [0.2, 0.25) is 0 Å². The number of hydrogen-bond acceptors (Lipinski definition) is 4. The van der Waals surface area contributed by atoms with Crippen LogP contribution in [0.25, 0.3) is 0 Å². The van der Waals surface area contributed by atoms with E-state index in [9.17, 15) is 19.3 Å². The van der Waals surface area contributed by atoms with Crippen molar-refractivity contribution in [3.05, 3.63) is 39.2 Å². The first kappa shape index (κ1) is 16.0. The van der Waals surface area contributed by atoms with Crippen LogP contribution in [-0.4, -0.2) is 23.4 Å². The Hall–Kier alpha value is -2.02. The molecule has 1 amide bonds. The second-order valence-corrected chi connectivity index (χ2v) is 5.00. The molecule has 0 heterocycles. The standard InChI is InChI=1S/C13H18FN3O3/c1-7(2)11(15)6-16-13(18)10-5-9(17(19)20)4-8(3)12(10)14/h4-5,7,11H,6,15H2,1-3H3,(H,16,18). The Labute approximate surface area is 116 Å². The van der Waals surface area contributed by atoms with Gasteiger partial charge in [-0.05, 0) is 18.4 Å². The summed E-state index contributed by atoms with van der Waals surface area (Å²) in [6.45, 7) is 5.35. The zero-order valence-electron chi connectivity index (χ0n) is 11.6. The van der Waals surface area contributed by atoms with Crippen LogP contribution in [0.4, 0.5) is 10.1 Å². The van der Waals surface area contributed by atoms with E-state index in [2.05, 4.69) is 5.32 Å². The molecular formula is C13H18FN3O3. The first-order valence-electron chi connectivity index (χ1n) is 6.22. The highest BCUT2D eigenvalue weighted by atomic mass is 19.1. The quantitative estimate of drug-likeness (QED) is 0.635. The molecule has 1 unspecified atom stereocenters. The fourth-order valence-corrected chi connectivity index (χ4v) is 1.56. The van der Waals surface area contributed by atoms with Crippen molar-refractivity contribution < 1.29 is 14.1 Å². The monoisotopic (exact) mass is 283 g/mol. The number of hydrogen-bond donors (Lipinski definition) is 2. The van der Waals surface area contributed by atoms with Gasteiger partial charge in [-0.15, -0.1) is 0 Å². The molecule has 3 N–H and O–H groups in total. The summed E-state index contributed by atoms with van der Waals surface area (Å²) < 4.78 is 13.9. The van der Waals surface area contributed by atoms with Crippen molar-refractivity contribution in [1.82, 2.24) is 5.32 Å². The van der Waals surface area contributed by atoms with Gasteiger partial charge in [0.05, 0.1) is 10.5 Å². The first-order valence-corrected chi connectivity index (χ1v) is 6.22. The van der Waals surface area contributed by atoms with Gasteiger partial charge in [0.25, 0.3) is 11.6 Å². The van der Waals surface area contributed by atoms with Gasteiger partial charge < -0.3 is 11.1 Å². The van der Waals surface area contributed by atoms with Gasteiger partial charge in [0.15, 0.2) is 0 Å². The molecule has 1 aromatic carbocycles. The number of carbonyl (C=O) groups is 1. The van der Waals surface area contributed by atoms with Crippen LogP contribution < -0.4 is 11.1 Å². The molecule has 0 saturated carbocycles. The van der Waals surface area contributed by atoms with Crippen LogP contribution in [0.3, 0.4) is 0 Å². The van der Waals surface area contributed by atoms with Gasteiger partial charge >= 0.3 is 0 Å². The van der Waals surface area contributed by atoms with Gasteiger partial charge in [0.1, 0.15) is 5.82 Å². The Kier molecular flexibility index (Phi) is 5.15. The molecule has 0 fully saturated rings. The topological polar surface area (TPSA) is 98.3 Å². The number of nitrogens with two attached hydrogens (primary N) is 1. The first-order chi connectivity index (χ1) is 9.23. The largest absolute Gasteiger partial charge is 0.350 e. The molecule has 1 aromatic rings. The van der Waals surface area contributed by atoms with E-state index in [1.807, 2.05) is 13.8 Å². The van der Waals surface area contributed by atoms with E-state index in [-0.39, 0.29) is 35.3 Å². The fraction of sp³-hybridized carbons (Fsp3) is 0.462. The molecule has 7 heteroatoms. The Morgan fingerprint density at radius 1 is 1.50 bits per heavy atom. The van der Waals surface area contributed by atoms with Crippen LogP contribution in [-0.2, 0) is 0 Å². The molecule has 1 atom stereocenters. The highest BCUT2D eigenvalue weighted by molar-refractivity contribution is 5.95. The molecule has 0 aliphatic rings. The van der Waals surface area contributed by atoms with E-state index >= 15 is 0 Å². The number of nitrogens with zero attached hydrogens (tertiary/aromatic N) is 1. The van der Waals surface area contributed by atoms with E-state index in [0.717, 1.165) is 12.1 Å². The Morgan fingerprint density at radius 2 is 2.10 bits per heavy atom. The minimum absolute atomic E-state index is 0.0532. The molecule has 0 aromatic heterocycles. The van der Waals surface area contributed by atoms with Crippen molar-refractivity contribution in [2.24, 2.45) is 11.7 Å². The van der Waals surface area contributed by atoms with Crippen LogP contribution in [0.15, 0.2) is 12.1 Å². The van der Waals surface area contributed by atoms with Gasteiger partial charge in [-0.25, -0.2) is 4.39 Å². The predicted molar refractivity (Wildman–Crippen MR) is 72.9 cm³/mol. The third-order valence-corrected chi connectivity index (χ3v) is 3.05. The van der Waals surface area contributed by atoms with Gasteiger partial charge in [-0.2, -0.15) is 0 Å². The smallest absolute Gasteiger partial charge is 0.270 e. The highest BCUT2D eigenvalue weighted by Crippen LogP contribution is 2.20. The fourth-order valence-electron chi connectivity index (χ4n) is 1.56. The van der Waals surface area contributed by atoms with Crippen molar-refractivity contribution >= 4 is 11.6 Å². The lowest BCUT2D eigenvalue weighted by Gasteiger charge is -2.16. The zero-order chi connectivity index (χ0) is 15.4. The van der Waals surface area contributed by atoms with E-state index in [1.165, 1.54) is 6.92 Å². The molecule has 0 spiro atoms. The van der Waals surface area contributed by atoms with E-state index < -0.39 is 16.6 Å². The summed E-state index contributed by atoms with van der Waals surface area (Å²) in [7, 11) is 0. The summed E-state index contributed by atoms with van der Waals surface area (Å²) in [6, 6.07) is 1.76. The second kappa shape index (κ2) is 6.42. The summed E-state index contributed by atoms with van der Waals surface area (Å²) in [5, 5.41) is 13.2. The lowest BCUT2D eigenvalue weighted by atomic mass is 10.0. The lowest BCUT2D eigenvalue weighted by Crippen LogP contribution is -2.40. The molecule has 0 radical (unpaired) electrons. The third kappa shape index (κ3) is 3.74. The predicted octanol–water partition coefficient (Wildman–Crippen LogP) is 1.76. The van der Waals surface area contributed by atoms with Crippen LogP contribution in [0.5, 0.6) is 0 Å². The number of nitro benzene ring substituents is 1. The van der Waals surface area contributed by atoms with Gasteiger partial charge in [-0.1, -0.05) is 13.8 Å². The molecule has 0 aliphatic heterocycles. The lowest BCUT2D eigenvalue weighted by molar-refractivity contribution is -0.385. The number of amides is 1. The zero-order valence-corrected chi connectivity index (χ0v) is 11.6. The molecule has 6 nitrogen and oxygen atoms in total. The van der Waals surface area contributed by atoms with E-state index in [0.29, 0.717) is 0 Å². The molecule has 110 valence electrons. The average Bonchev–Trinajstić information content (AvgIpc) is 2.37. The highest BCUT2D eigenvalue weighted by Gasteiger charge is 2.20. The maximum absolute atomic E-state index is 13.9. The normalized spacial score (nSPS) is 12.3. The number of nitro groups is 1. The van der Waals surface area contributed by atoms with Crippen molar-refractivity contribution in [2.45, 2.75) is 26.8 Å². The van der Waals surface area contributed by atoms with Crippen LogP contribution >= 0.6 is 0 Å². The number of benzene rings is 1. The maximum atomic E-state index is 13.9. The number of carbonyl (C=O) groups excluding carboxylic acids is 1. The summed E-state index contributed by atoms with van der Waals surface area (Å²) in [6.07, 6.45) is 0. The maximum Gasteiger partial charge on any atom is 0.270 e. The molecule has 0 saturated heterocycles. The SMILES string of the molecule is Cc1cc([N+](=O)[O-])cc(C(=O)NCC(N)C(C)C)c1F. The molecule has 0 bridgehead atoms. The summed E-state index contributed by atoms with van der Waals surface area (Å²) >= 11 is 0. The third-order valence-electron chi connectivity index (χ3n) is 3.05. The summed E-state index contributed by atoms with van der Waals surface area (Å²) in [5.74, 6) is -1.30. The summed E-state index contributed by atoms with van der Waals surface area (Å²) in [5.41, 5.74) is 5.17. The van der Waals surface area contributed by atoms with Crippen molar-refractivity contribution in [3.8, 4) is 0 Å². The van der Waals surface area contributed by atoms with Crippen LogP contribution in [0.2, 0.25) is 0 Å². The molecule has 0 aliphatic carbocycles. The Bertz CT molecular complexity index is 532. The Balaban J connectivity index is 2.95. The minimum Gasteiger partial charge on any atom is -0.350 e. The van der Waals surface area contributed by atoms with Gasteiger partial charge in [-0.3, -0.25) is 14.9 Å². The second-order valence-electron chi connectivity index (χ2n) is 5.00. The summed E-state index contributed by atoms with van der Waals surface area (Å²) in [4.78, 5) is 22.0. The van der Waals surface area contributed by atoms with E-state index in [4.69, 9.17) is 5.73 Å². The molecule has 1 rings (SSSR count). The Morgan fingerprint density at radius 3 is 2.60 bits per heavy atom. The van der Waals surface area contributed by atoms with Crippen molar-refractivity contribution in [3.63, 3.8) is 0 Å². The average molecular weight is 283 g/mol. The molecule has 20 heavy (non-hydrogen) atoms. The number of halogens is 1. The van der Waals surface area contributed by atoms with Crippen molar-refractivity contribution in [2.75, 3.05) is 6.54 Å². The van der Waals surface area contributed by atoms with Crippen molar-refractivity contribution in [1.29, 1.82) is 0 Å². The number of aryl methyl sites for hydroxylation is 1. The van der Waals surface area contributed by atoms with Gasteiger partial charge in [0, 0.05) is 24.7 Å². The van der Waals surface area contributed by atoms with Crippen LogP contribution in [0.1, 0.15) is 29.8 Å².